The minimum Gasteiger partial charge on any atom is -0.399 e. The van der Waals surface area contributed by atoms with E-state index in [0.29, 0.717) is 6.42 Å². The van der Waals surface area contributed by atoms with E-state index in [1.807, 2.05) is 25.2 Å². The molecule has 3 nitrogen and oxygen atoms in total. The molecule has 0 aliphatic carbocycles. The molecule has 14 heavy (non-hydrogen) atoms. The van der Waals surface area contributed by atoms with E-state index in [0.717, 1.165) is 11.4 Å². The zero-order chi connectivity index (χ0) is 10.3. The van der Waals surface area contributed by atoms with Crippen LogP contribution >= 0.6 is 0 Å². The lowest BCUT2D eigenvalue weighted by molar-refractivity contribution is -0.119. The highest BCUT2D eigenvalue weighted by molar-refractivity contribution is 5.96. The summed E-state index contributed by atoms with van der Waals surface area (Å²) >= 11 is 0. The maximum Gasteiger partial charge on any atom is 0.227 e. The maximum atomic E-state index is 11.5. The first-order valence-electron chi connectivity index (χ1n) is 4.75. The molecule has 0 aromatic heterocycles. The maximum absolute atomic E-state index is 11.5. The van der Waals surface area contributed by atoms with Crippen LogP contribution in [0.15, 0.2) is 18.2 Å². The van der Waals surface area contributed by atoms with Crippen molar-refractivity contribution < 1.29 is 4.79 Å². The van der Waals surface area contributed by atoms with Gasteiger partial charge in [-0.3, -0.25) is 4.79 Å². The predicted octanol–water partition coefficient (Wildman–Crippen LogP) is 1.74. The molecule has 0 bridgehead atoms. The van der Waals surface area contributed by atoms with E-state index in [1.165, 1.54) is 5.56 Å². The van der Waals surface area contributed by atoms with Crippen molar-refractivity contribution in [3.8, 4) is 0 Å². The van der Waals surface area contributed by atoms with Gasteiger partial charge in [-0.15, -0.1) is 0 Å². The van der Waals surface area contributed by atoms with Crippen LogP contribution < -0.4 is 10.6 Å². The van der Waals surface area contributed by atoms with E-state index in [2.05, 4.69) is 6.92 Å². The van der Waals surface area contributed by atoms with Crippen LogP contribution in [-0.2, 0) is 4.79 Å². The molecule has 0 fully saturated rings. The van der Waals surface area contributed by atoms with Crippen LogP contribution in [-0.4, -0.2) is 13.0 Å². The average molecular weight is 190 g/mol. The minimum atomic E-state index is 0.176. The summed E-state index contributed by atoms with van der Waals surface area (Å²) < 4.78 is 0. The summed E-state index contributed by atoms with van der Waals surface area (Å²) in [6.07, 6.45) is 0.576. The first-order valence-corrected chi connectivity index (χ1v) is 4.75. The van der Waals surface area contributed by atoms with Crippen molar-refractivity contribution in [1.82, 2.24) is 0 Å². The van der Waals surface area contributed by atoms with Gasteiger partial charge in [0, 0.05) is 24.8 Å². The molecule has 0 unspecified atom stereocenters. The smallest absolute Gasteiger partial charge is 0.227 e. The molecule has 0 saturated carbocycles. The van der Waals surface area contributed by atoms with E-state index < -0.39 is 0 Å². The molecule has 0 radical (unpaired) electrons. The lowest BCUT2D eigenvalue weighted by Gasteiger charge is -2.29. The monoisotopic (exact) mass is 190 g/mol. The summed E-state index contributed by atoms with van der Waals surface area (Å²) in [5.74, 6) is 0.451. The second-order valence-corrected chi connectivity index (χ2v) is 3.88. The van der Waals surface area contributed by atoms with Crippen molar-refractivity contribution in [3.05, 3.63) is 23.8 Å². The molecule has 3 heteroatoms. The minimum absolute atomic E-state index is 0.176. The largest absolute Gasteiger partial charge is 0.399 e. The Morgan fingerprint density at radius 3 is 2.93 bits per heavy atom. The Hall–Kier alpha value is -1.51. The number of nitrogens with two attached hydrogens (primary N) is 1. The van der Waals surface area contributed by atoms with Crippen molar-refractivity contribution in [2.24, 2.45) is 0 Å². The van der Waals surface area contributed by atoms with E-state index in [4.69, 9.17) is 5.73 Å². The summed E-state index contributed by atoms with van der Waals surface area (Å²) in [7, 11) is 1.81. The Morgan fingerprint density at radius 1 is 1.50 bits per heavy atom. The number of carbonyl (C=O) groups excluding carboxylic acids is 1. The van der Waals surface area contributed by atoms with Crippen LogP contribution in [0.3, 0.4) is 0 Å². The summed E-state index contributed by atoms with van der Waals surface area (Å²) in [5, 5.41) is 0. The highest BCUT2D eigenvalue weighted by Crippen LogP contribution is 2.35. The number of nitrogen functional groups attached to an aromatic ring is 1. The third-order valence-corrected chi connectivity index (χ3v) is 2.80. The molecule has 1 amide bonds. The topological polar surface area (TPSA) is 46.3 Å². The van der Waals surface area contributed by atoms with Crippen LogP contribution in [0.1, 0.15) is 24.8 Å². The van der Waals surface area contributed by atoms with Crippen molar-refractivity contribution >= 4 is 17.3 Å². The van der Waals surface area contributed by atoms with Gasteiger partial charge in [0.05, 0.1) is 0 Å². The fourth-order valence-electron chi connectivity index (χ4n) is 1.92. The first-order chi connectivity index (χ1) is 6.59. The van der Waals surface area contributed by atoms with Crippen molar-refractivity contribution in [2.45, 2.75) is 19.3 Å². The van der Waals surface area contributed by atoms with E-state index >= 15 is 0 Å². The molecule has 1 aromatic carbocycles. The fraction of sp³-hybridized carbons (Fsp3) is 0.364. The van der Waals surface area contributed by atoms with Crippen molar-refractivity contribution in [3.63, 3.8) is 0 Å². The average Bonchev–Trinajstić information content (AvgIpc) is 2.14. The molecule has 1 heterocycles. The van der Waals surface area contributed by atoms with Gasteiger partial charge < -0.3 is 10.6 Å². The standard InChI is InChI=1S/C11H14N2O/c1-7-5-11(14)13(2)10-4-3-8(12)6-9(7)10/h3-4,6-7H,5,12H2,1-2H3/t7-/m1/s1. The Bertz CT molecular complexity index is 387. The molecule has 0 saturated heterocycles. The number of benzene rings is 1. The molecular formula is C11H14N2O. The molecule has 2 N–H and O–H groups in total. The van der Waals surface area contributed by atoms with Gasteiger partial charge in [-0.1, -0.05) is 6.92 Å². The van der Waals surface area contributed by atoms with E-state index in [-0.39, 0.29) is 11.8 Å². The van der Waals surface area contributed by atoms with Gasteiger partial charge in [-0.25, -0.2) is 0 Å². The number of fused-ring (bicyclic) bond motifs is 1. The number of anilines is 2. The summed E-state index contributed by atoms with van der Waals surface area (Å²) in [6.45, 7) is 2.06. The quantitative estimate of drug-likeness (QED) is 0.633. The van der Waals surface area contributed by atoms with Crippen LogP contribution in [0.4, 0.5) is 11.4 Å². The molecular weight excluding hydrogens is 176 g/mol. The van der Waals surface area contributed by atoms with Gasteiger partial charge in [-0.05, 0) is 29.7 Å². The van der Waals surface area contributed by atoms with Crippen LogP contribution in [0.25, 0.3) is 0 Å². The van der Waals surface area contributed by atoms with E-state index in [9.17, 15) is 4.79 Å². The Kier molecular flexibility index (Phi) is 1.95. The third kappa shape index (κ3) is 1.25. The molecule has 1 aliphatic rings. The van der Waals surface area contributed by atoms with Crippen LogP contribution in [0, 0.1) is 0 Å². The van der Waals surface area contributed by atoms with Crippen molar-refractivity contribution in [1.29, 1.82) is 0 Å². The fourth-order valence-corrected chi connectivity index (χ4v) is 1.92. The molecule has 74 valence electrons. The Labute approximate surface area is 83.5 Å². The molecule has 1 atom stereocenters. The number of nitrogens with zero attached hydrogens (tertiary/aromatic N) is 1. The Morgan fingerprint density at radius 2 is 2.21 bits per heavy atom. The zero-order valence-electron chi connectivity index (χ0n) is 8.45. The number of hydrogen-bond acceptors (Lipinski definition) is 2. The van der Waals surface area contributed by atoms with Gasteiger partial charge in [0.2, 0.25) is 5.91 Å². The normalized spacial score (nSPS) is 20.9. The van der Waals surface area contributed by atoms with Crippen molar-refractivity contribution in [2.75, 3.05) is 17.7 Å². The van der Waals surface area contributed by atoms with Gasteiger partial charge >= 0.3 is 0 Å². The van der Waals surface area contributed by atoms with Gasteiger partial charge in [-0.2, -0.15) is 0 Å². The number of hydrogen-bond donors (Lipinski definition) is 1. The second kappa shape index (κ2) is 3.01. The number of amides is 1. The predicted molar refractivity (Wildman–Crippen MR) is 57.3 cm³/mol. The van der Waals surface area contributed by atoms with Gasteiger partial charge in [0.25, 0.3) is 0 Å². The van der Waals surface area contributed by atoms with Crippen LogP contribution in [0.2, 0.25) is 0 Å². The van der Waals surface area contributed by atoms with Crippen LogP contribution in [0.5, 0.6) is 0 Å². The SMILES string of the molecule is C[C@@H]1CC(=O)N(C)c2ccc(N)cc21. The molecule has 0 spiro atoms. The summed E-state index contributed by atoms with van der Waals surface area (Å²) in [4.78, 5) is 13.2. The number of rotatable bonds is 0. The second-order valence-electron chi connectivity index (χ2n) is 3.88. The summed E-state index contributed by atoms with van der Waals surface area (Å²) in [6, 6.07) is 5.71. The number of carbonyl (C=O) groups is 1. The Balaban J connectivity index is 2.55. The highest BCUT2D eigenvalue weighted by Gasteiger charge is 2.25. The lowest BCUT2D eigenvalue weighted by Crippen LogP contribution is -2.32. The zero-order valence-corrected chi connectivity index (χ0v) is 8.45. The first kappa shape index (κ1) is 9.06. The van der Waals surface area contributed by atoms with E-state index in [1.54, 1.807) is 4.90 Å². The molecule has 2 rings (SSSR count). The molecule has 1 aliphatic heterocycles. The highest BCUT2D eigenvalue weighted by atomic mass is 16.2. The van der Waals surface area contributed by atoms with Gasteiger partial charge in [0.1, 0.15) is 0 Å². The molecule has 1 aromatic rings. The lowest BCUT2D eigenvalue weighted by atomic mass is 9.91. The third-order valence-electron chi connectivity index (χ3n) is 2.80. The van der Waals surface area contributed by atoms with Gasteiger partial charge in [0.15, 0.2) is 0 Å². The summed E-state index contributed by atoms with van der Waals surface area (Å²) in [5.41, 5.74) is 8.65.